The van der Waals surface area contributed by atoms with Gasteiger partial charge in [0, 0.05) is 22.7 Å². The Balaban J connectivity index is 2.67. The van der Waals surface area contributed by atoms with Crippen LogP contribution in [0.15, 0.2) is 23.1 Å². The van der Waals surface area contributed by atoms with Gasteiger partial charge in [0.1, 0.15) is 0 Å². The average molecular weight is 288 g/mol. The van der Waals surface area contributed by atoms with Crippen LogP contribution in [0.3, 0.4) is 0 Å². The summed E-state index contributed by atoms with van der Waals surface area (Å²) in [7, 11) is 0. The number of aliphatic hydroxyl groups is 1. The molecule has 0 saturated carbocycles. The van der Waals surface area contributed by atoms with Gasteiger partial charge < -0.3 is 10.4 Å². The monoisotopic (exact) mass is 287 g/mol. The van der Waals surface area contributed by atoms with Gasteiger partial charge in [0.25, 0.3) is 0 Å². The summed E-state index contributed by atoms with van der Waals surface area (Å²) in [5, 5.41) is 13.8. The maximum absolute atomic E-state index is 9.50. The second kappa shape index (κ2) is 7.39. The van der Waals surface area contributed by atoms with Crippen LogP contribution in [0.4, 0.5) is 0 Å². The van der Waals surface area contributed by atoms with E-state index in [4.69, 9.17) is 11.6 Å². The van der Waals surface area contributed by atoms with Crippen LogP contribution in [0.2, 0.25) is 5.02 Å². The molecule has 1 aromatic rings. The highest BCUT2D eigenvalue weighted by Crippen LogP contribution is 2.32. The molecule has 0 amide bonds. The molecule has 0 aliphatic rings. The predicted molar refractivity (Wildman–Crippen MR) is 80.4 cm³/mol. The van der Waals surface area contributed by atoms with Crippen molar-refractivity contribution in [3.05, 3.63) is 28.8 Å². The van der Waals surface area contributed by atoms with Crippen molar-refractivity contribution in [2.75, 3.05) is 0 Å². The van der Waals surface area contributed by atoms with Crippen molar-refractivity contribution in [2.45, 2.75) is 56.5 Å². The molecule has 0 heterocycles. The Hall–Kier alpha value is -0.220. The van der Waals surface area contributed by atoms with E-state index < -0.39 is 0 Å². The molecular formula is C14H22ClNOS. The van der Waals surface area contributed by atoms with Crippen molar-refractivity contribution in [1.29, 1.82) is 0 Å². The number of thioether (sulfide) groups is 1. The molecule has 0 spiro atoms. The summed E-state index contributed by atoms with van der Waals surface area (Å²) >= 11 is 7.87. The zero-order valence-corrected chi connectivity index (χ0v) is 13.0. The summed E-state index contributed by atoms with van der Waals surface area (Å²) < 4.78 is 0. The first-order chi connectivity index (χ1) is 8.40. The molecule has 0 saturated heterocycles. The smallest absolute Gasteiger partial charge is 0.0631 e. The fourth-order valence-corrected chi connectivity index (χ4v) is 2.62. The van der Waals surface area contributed by atoms with E-state index in [0.29, 0.717) is 6.04 Å². The lowest BCUT2D eigenvalue weighted by molar-refractivity contribution is 0.196. The topological polar surface area (TPSA) is 32.3 Å². The van der Waals surface area contributed by atoms with E-state index in [0.717, 1.165) is 16.5 Å². The molecule has 0 bridgehead atoms. The van der Waals surface area contributed by atoms with Gasteiger partial charge in [-0.05, 0) is 24.6 Å². The highest BCUT2D eigenvalue weighted by molar-refractivity contribution is 8.00. The third kappa shape index (κ3) is 5.19. The van der Waals surface area contributed by atoms with Crippen LogP contribution in [0.5, 0.6) is 0 Å². The molecule has 0 aliphatic carbocycles. The van der Waals surface area contributed by atoms with Gasteiger partial charge in [-0.25, -0.2) is 0 Å². The quantitative estimate of drug-likeness (QED) is 0.783. The zero-order chi connectivity index (χ0) is 13.7. The zero-order valence-electron chi connectivity index (χ0n) is 11.4. The lowest BCUT2D eigenvalue weighted by atomic mass is 10.2. The van der Waals surface area contributed by atoms with Crippen molar-refractivity contribution < 1.29 is 5.11 Å². The van der Waals surface area contributed by atoms with Crippen molar-refractivity contribution in [3.63, 3.8) is 0 Å². The molecule has 4 heteroatoms. The van der Waals surface area contributed by atoms with Gasteiger partial charge in [0.15, 0.2) is 0 Å². The van der Waals surface area contributed by atoms with Crippen molar-refractivity contribution in [2.24, 2.45) is 0 Å². The van der Waals surface area contributed by atoms with E-state index in [9.17, 15) is 5.11 Å². The summed E-state index contributed by atoms with van der Waals surface area (Å²) in [4.78, 5) is 1.03. The summed E-state index contributed by atoms with van der Waals surface area (Å²) in [5.41, 5.74) is 1.18. The van der Waals surface area contributed by atoms with Gasteiger partial charge in [0.05, 0.1) is 11.1 Å². The third-order valence-electron chi connectivity index (χ3n) is 2.70. The van der Waals surface area contributed by atoms with E-state index in [1.54, 1.807) is 18.7 Å². The highest BCUT2D eigenvalue weighted by Gasteiger charge is 2.12. The van der Waals surface area contributed by atoms with Gasteiger partial charge >= 0.3 is 0 Å². The van der Waals surface area contributed by atoms with E-state index in [-0.39, 0.29) is 11.4 Å². The molecule has 2 atom stereocenters. The molecule has 0 aromatic heterocycles. The lowest BCUT2D eigenvalue weighted by Crippen LogP contribution is -2.21. The number of halogens is 1. The Kier molecular flexibility index (Phi) is 6.50. The minimum atomic E-state index is -0.339. The van der Waals surface area contributed by atoms with E-state index in [1.807, 2.05) is 19.1 Å². The largest absolute Gasteiger partial charge is 0.392 e. The highest BCUT2D eigenvalue weighted by atomic mass is 35.5. The molecule has 2 unspecified atom stereocenters. The number of aliphatic hydroxyl groups excluding tert-OH is 1. The van der Waals surface area contributed by atoms with Crippen LogP contribution in [0.25, 0.3) is 0 Å². The minimum absolute atomic E-state index is 0.141. The van der Waals surface area contributed by atoms with E-state index in [2.05, 4.69) is 25.2 Å². The fourth-order valence-electron chi connectivity index (χ4n) is 1.37. The SMILES string of the molecule is CC(C)NCc1ccc(SC(C)C(C)O)c(Cl)c1. The molecule has 102 valence electrons. The van der Waals surface area contributed by atoms with Gasteiger partial charge in [-0.1, -0.05) is 38.4 Å². The molecule has 1 aromatic carbocycles. The summed E-state index contributed by atoms with van der Waals surface area (Å²) in [6.45, 7) is 8.87. The van der Waals surface area contributed by atoms with E-state index in [1.165, 1.54) is 5.56 Å². The van der Waals surface area contributed by atoms with Gasteiger partial charge in [-0.15, -0.1) is 11.8 Å². The molecule has 0 fully saturated rings. The number of hydrogen-bond acceptors (Lipinski definition) is 3. The standard InChI is InChI=1S/C14H22ClNOS/c1-9(2)16-8-12-5-6-14(13(15)7-12)18-11(4)10(3)17/h5-7,9-11,16-17H,8H2,1-4H3. The minimum Gasteiger partial charge on any atom is -0.392 e. The maximum atomic E-state index is 9.50. The number of hydrogen-bond donors (Lipinski definition) is 2. The molecule has 0 radical (unpaired) electrons. The van der Waals surface area contributed by atoms with Gasteiger partial charge in [0.2, 0.25) is 0 Å². The van der Waals surface area contributed by atoms with Crippen LogP contribution >= 0.6 is 23.4 Å². The molecule has 0 aliphatic heterocycles. The van der Waals surface area contributed by atoms with Crippen molar-refractivity contribution in [1.82, 2.24) is 5.32 Å². The first kappa shape index (κ1) is 15.8. The Morgan fingerprint density at radius 1 is 1.28 bits per heavy atom. The van der Waals surface area contributed by atoms with Gasteiger partial charge in [-0.2, -0.15) is 0 Å². The van der Waals surface area contributed by atoms with Crippen LogP contribution in [0.1, 0.15) is 33.3 Å². The van der Waals surface area contributed by atoms with Crippen LogP contribution in [-0.2, 0) is 6.54 Å². The summed E-state index contributed by atoms with van der Waals surface area (Å²) in [6, 6.07) is 6.57. The number of rotatable bonds is 6. The predicted octanol–water partition coefficient (Wildman–Crippen LogP) is 3.70. The fraction of sp³-hybridized carbons (Fsp3) is 0.571. The Bertz CT molecular complexity index is 382. The first-order valence-corrected chi connectivity index (χ1v) is 7.52. The van der Waals surface area contributed by atoms with Crippen LogP contribution in [-0.4, -0.2) is 22.5 Å². The number of nitrogens with one attached hydrogen (secondary N) is 1. The number of benzene rings is 1. The third-order valence-corrected chi connectivity index (χ3v) is 4.50. The van der Waals surface area contributed by atoms with Gasteiger partial charge in [-0.3, -0.25) is 0 Å². The van der Waals surface area contributed by atoms with E-state index >= 15 is 0 Å². The molecular weight excluding hydrogens is 266 g/mol. The lowest BCUT2D eigenvalue weighted by Gasteiger charge is -2.15. The molecule has 18 heavy (non-hydrogen) atoms. The maximum Gasteiger partial charge on any atom is 0.0631 e. The second-order valence-corrected chi connectivity index (χ2v) is 6.69. The Morgan fingerprint density at radius 2 is 1.94 bits per heavy atom. The molecule has 1 rings (SSSR count). The first-order valence-electron chi connectivity index (χ1n) is 6.26. The Labute approximate surface area is 119 Å². The molecule has 2 N–H and O–H groups in total. The normalized spacial score (nSPS) is 14.8. The summed E-state index contributed by atoms with van der Waals surface area (Å²) in [5.74, 6) is 0. The molecule has 2 nitrogen and oxygen atoms in total. The van der Waals surface area contributed by atoms with Crippen molar-refractivity contribution >= 4 is 23.4 Å². The Morgan fingerprint density at radius 3 is 2.44 bits per heavy atom. The second-order valence-electron chi connectivity index (χ2n) is 4.86. The summed E-state index contributed by atoms with van der Waals surface area (Å²) in [6.07, 6.45) is -0.339. The van der Waals surface area contributed by atoms with Crippen molar-refractivity contribution in [3.8, 4) is 0 Å². The average Bonchev–Trinajstić information content (AvgIpc) is 2.29. The van der Waals surface area contributed by atoms with Crippen LogP contribution in [0, 0.1) is 0 Å². The van der Waals surface area contributed by atoms with Crippen LogP contribution < -0.4 is 5.32 Å².